The van der Waals surface area contributed by atoms with E-state index in [4.69, 9.17) is 10.5 Å². The minimum absolute atomic E-state index is 0.145. The quantitative estimate of drug-likeness (QED) is 0.866. The van der Waals surface area contributed by atoms with Gasteiger partial charge in [-0.25, -0.2) is 0 Å². The average Bonchev–Trinajstić information content (AvgIpc) is 2.46. The van der Waals surface area contributed by atoms with Crippen molar-refractivity contribution in [3.63, 3.8) is 0 Å². The fourth-order valence-electron chi connectivity index (χ4n) is 1.92. The highest BCUT2D eigenvalue weighted by Gasteiger charge is 2.09. The van der Waals surface area contributed by atoms with Crippen molar-refractivity contribution in [2.75, 3.05) is 19.5 Å². The lowest BCUT2D eigenvalue weighted by Gasteiger charge is -2.14. The van der Waals surface area contributed by atoms with Crippen molar-refractivity contribution in [1.29, 1.82) is 0 Å². The largest absolute Gasteiger partial charge is 0.497 e. The summed E-state index contributed by atoms with van der Waals surface area (Å²) in [5, 5.41) is 3.12. The predicted molar refractivity (Wildman–Crippen MR) is 75.0 cm³/mol. The van der Waals surface area contributed by atoms with Crippen LogP contribution in [0.2, 0.25) is 0 Å². The lowest BCUT2D eigenvalue weighted by Crippen LogP contribution is -2.12. The summed E-state index contributed by atoms with van der Waals surface area (Å²) in [6.45, 7) is 0. The number of hydrogen-bond acceptors (Lipinski definition) is 3. The number of ether oxygens (including phenoxy) is 1. The third-order valence-corrected chi connectivity index (χ3v) is 2.99. The van der Waals surface area contributed by atoms with E-state index in [1.807, 2.05) is 49.5 Å². The first-order chi connectivity index (χ1) is 8.74. The van der Waals surface area contributed by atoms with Crippen LogP contribution in [0.3, 0.4) is 0 Å². The molecular weight excluding hydrogens is 224 g/mol. The molecule has 0 aliphatic heterocycles. The van der Waals surface area contributed by atoms with Crippen molar-refractivity contribution in [2.24, 2.45) is 5.73 Å². The van der Waals surface area contributed by atoms with Gasteiger partial charge in [-0.15, -0.1) is 0 Å². The molecule has 18 heavy (non-hydrogen) atoms. The van der Waals surface area contributed by atoms with Crippen molar-refractivity contribution in [1.82, 2.24) is 0 Å². The first kappa shape index (κ1) is 12.5. The molecule has 3 nitrogen and oxygen atoms in total. The fraction of sp³-hybridized carbons (Fsp3) is 0.200. The highest BCUT2D eigenvalue weighted by atomic mass is 16.5. The molecule has 0 aliphatic carbocycles. The van der Waals surface area contributed by atoms with Crippen molar-refractivity contribution >= 4 is 5.69 Å². The van der Waals surface area contributed by atoms with Gasteiger partial charge in [0, 0.05) is 12.7 Å². The molecule has 0 bridgehead atoms. The van der Waals surface area contributed by atoms with E-state index in [0.29, 0.717) is 0 Å². The van der Waals surface area contributed by atoms with E-state index in [0.717, 1.165) is 22.6 Å². The maximum Gasteiger partial charge on any atom is 0.119 e. The zero-order chi connectivity index (χ0) is 13.0. The average molecular weight is 242 g/mol. The number of benzene rings is 2. The van der Waals surface area contributed by atoms with Gasteiger partial charge in [0.15, 0.2) is 0 Å². The molecule has 1 unspecified atom stereocenters. The van der Waals surface area contributed by atoms with Crippen LogP contribution < -0.4 is 15.8 Å². The van der Waals surface area contributed by atoms with Crippen LogP contribution in [0.15, 0.2) is 48.5 Å². The van der Waals surface area contributed by atoms with Crippen LogP contribution >= 0.6 is 0 Å². The standard InChI is InChI=1S/C15H18N2O/c1-17-13-7-3-5-11(9-13)15(16)12-6-4-8-14(10-12)18-2/h3-10,15,17H,16H2,1-2H3. The zero-order valence-electron chi connectivity index (χ0n) is 10.7. The summed E-state index contributed by atoms with van der Waals surface area (Å²) in [6, 6.07) is 15.8. The highest BCUT2D eigenvalue weighted by molar-refractivity contribution is 5.48. The molecule has 0 heterocycles. The van der Waals surface area contributed by atoms with Crippen LogP contribution in [-0.4, -0.2) is 14.2 Å². The summed E-state index contributed by atoms with van der Waals surface area (Å²) >= 11 is 0. The molecule has 2 rings (SSSR count). The Bertz CT molecular complexity index is 478. The van der Waals surface area contributed by atoms with Crippen LogP contribution in [-0.2, 0) is 0 Å². The Hall–Kier alpha value is -2.00. The molecule has 2 aromatic rings. The van der Waals surface area contributed by atoms with Crippen molar-refractivity contribution in [3.8, 4) is 5.75 Å². The van der Waals surface area contributed by atoms with Crippen LogP contribution in [0.25, 0.3) is 0 Å². The van der Waals surface area contributed by atoms with Gasteiger partial charge in [0.2, 0.25) is 0 Å². The van der Waals surface area contributed by atoms with Gasteiger partial charge < -0.3 is 15.8 Å². The first-order valence-electron chi connectivity index (χ1n) is 5.92. The molecule has 1 atom stereocenters. The Balaban J connectivity index is 2.31. The Morgan fingerprint density at radius 1 is 1.06 bits per heavy atom. The Kier molecular flexibility index (Phi) is 3.85. The number of hydrogen-bond donors (Lipinski definition) is 2. The molecule has 0 saturated carbocycles. The third-order valence-electron chi connectivity index (χ3n) is 2.99. The summed E-state index contributed by atoms with van der Waals surface area (Å²) in [7, 11) is 3.56. The molecule has 2 aromatic carbocycles. The number of anilines is 1. The topological polar surface area (TPSA) is 47.3 Å². The van der Waals surface area contributed by atoms with Gasteiger partial charge in [0.05, 0.1) is 13.2 Å². The highest BCUT2D eigenvalue weighted by Crippen LogP contribution is 2.24. The van der Waals surface area contributed by atoms with E-state index in [1.54, 1.807) is 7.11 Å². The van der Waals surface area contributed by atoms with Gasteiger partial charge in [0.25, 0.3) is 0 Å². The second kappa shape index (κ2) is 5.56. The minimum Gasteiger partial charge on any atom is -0.497 e. The van der Waals surface area contributed by atoms with Gasteiger partial charge >= 0.3 is 0 Å². The monoisotopic (exact) mass is 242 g/mol. The van der Waals surface area contributed by atoms with E-state index < -0.39 is 0 Å². The molecule has 0 spiro atoms. The zero-order valence-corrected chi connectivity index (χ0v) is 10.7. The summed E-state index contributed by atoms with van der Waals surface area (Å²) in [6.07, 6.45) is 0. The molecular formula is C15H18N2O. The van der Waals surface area contributed by atoms with Gasteiger partial charge in [-0.1, -0.05) is 24.3 Å². The maximum absolute atomic E-state index is 6.28. The molecule has 94 valence electrons. The Morgan fingerprint density at radius 3 is 2.39 bits per heavy atom. The molecule has 0 saturated heterocycles. The SMILES string of the molecule is CNc1cccc(C(N)c2cccc(OC)c2)c1. The third kappa shape index (κ3) is 2.63. The van der Waals surface area contributed by atoms with E-state index >= 15 is 0 Å². The minimum atomic E-state index is -0.145. The van der Waals surface area contributed by atoms with Gasteiger partial charge in [0.1, 0.15) is 5.75 Å². The summed E-state index contributed by atoms with van der Waals surface area (Å²) in [4.78, 5) is 0. The lowest BCUT2D eigenvalue weighted by atomic mass is 9.99. The second-order valence-electron chi connectivity index (χ2n) is 4.13. The molecule has 0 aliphatic rings. The first-order valence-corrected chi connectivity index (χ1v) is 5.92. The van der Waals surface area contributed by atoms with Crippen LogP contribution in [0.1, 0.15) is 17.2 Å². The van der Waals surface area contributed by atoms with E-state index in [-0.39, 0.29) is 6.04 Å². The predicted octanol–water partition coefficient (Wildman–Crippen LogP) is 2.79. The summed E-state index contributed by atoms with van der Waals surface area (Å²) in [5.74, 6) is 0.827. The summed E-state index contributed by atoms with van der Waals surface area (Å²) in [5.41, 5.74) is 9.46. The smallest absolute Gasteiger partial charge is 0.119 e. The molecule has 0 fully saturated rings. The molecule has 0 amide bonds. The Labute approximate surface area is 108 Å². The van der Waals surface area contributed by atoms with E-state index in [1.165, 1.54) is 0 Å². The summed E-state index contributed by atoms with van der Waals surface area (Å²) < 4.78 is 5.22. The maximum atomic E-state index is 6.28. The van der Waals surface area contributed by atoms with Crippen molar-refractivity contribution in [2.45, 2.75) is 6.04 Å². The molecule has 0 radical (unpaired) electrons. The van der Waals surface area contributed by atoms with Crippen LogP contribution in [0, 0.1) is 0 Å². The van der Waals surface area contributed by atoms with Gasteiger partial charge in [-0.05, 0) is 35.4 Å². The number of methoxy groups -OCH3 is 1. The molecule has 3 N–H and O–H groups in total. The number of nitrogens with one attached hydrogen (secondary N) is 1. The fourth-order valence-corrected chi connectivity index (χ4v) is 1.92. The Morgan fingerprint density at radius 2 is 1.72 bits per heavy atom. The number of rotatable bonds is 4. The van der Waals surface area contributed by atoms with E-state index in [9.17, 15) is 0 Å². The molecule has 3 heteroatoms. The van der Waals surface area contributed by atoms with E-state index in [2.05, 4.69) is 11.4 Å². The second-order valence-corrected chi connectivity index (χ2v) is 4.13. The number of nitrogens with two attached hydrogens (primary N) is 1. The van der Waals surface area contributed by atoms with Gasteiger partial charge in [-0.3, -0.25) is 0 Å². The molecule has 0 aromatic heterocycles. The van der Waals surface area contributed by atoms with Crippen molar-refractivity contribution in [3.05, 3.63) is 59.7 Å². The van der Waals surface area contributed by atoms with Crippen LogP contribution in [0.5, 0.6) is 5.75 Å². The lowest BCUT2D eigenvalue weighted by molar-refractivity contribution is 0.414. The van der Waals surface area contributed by atoms with Crippen LogP contribution in [0.4, 0.5) is 5.69 Å². The van der Waals surface area contributed by atoms with Crippen molar-refractivity contribution < 1.29 is 4.74 Å². The van der Waals surface area contributed by atoms with Gasteiger partial charge in [-0.2, -0.15) is 0 Å². The normalized spacial score (nSPS) is 11.9.